The van der Waals surface area contributed by atoms with Gasteiger partial charge in [-0.3, -0.25) is 14.6 Å². The van der Waals surface area contributed by atoms with Crippen LogP contribution < -0.4 is 10.2 Å². The lowest BCUT2D eigenvalue weighted by Gasteiger charge is -2.08. The first-order chi connectivity index (χ1) is 10.0. The molecule has 0 aliphatic carbocycles. The Morgan fingerprint density at radius 1 is 1.19 bits per heavy atom. The maximum absolute atomic E-state index is 12.5. The first-order valence-corrected chi connectivity index (χ1v) is 6.43. The van der Waals surface area contributed by atoms with E-state index >= 15 is 0 Å². The molecular formula is C16H13NO4. The predicted octanol–water partition coefficient (Wildman–Crippen LogP) is 2.86. The van der Waals surface area contributed by atoms with Gasteiger partial charge in [0.1, 0.15) is 16.9 Å². The van der Waals surface area contributed by atoms with Crippen molar-refractivity contribution in [3.05, 3.63) is 45.9 Å². The zero-order valence-electron chi connectivity index (χ0n) is 11.9. The fourth-order valence-electron chi connectivity index (χ4n) is 2.32. The average Bonchev–Trinajstić information content (AvgIpc) is 2.45. The molecule has 2 aromatic heterocycles. The third-order valence-electron chi connectivity index (χ3n) is 3.39. The first-order valence-electron chi connectivity index (χ1n) is 6.43. The Kier molecular flexibility index (Phi) is 2.97. The number of ether oxygens (including phenoxy) is 1. The molecule has 3 aromatic rings. The molecule has 0 aliphatic heterocycles. The van der Waals surface area contributed by atoms with Crippen molar-refractivity contribution in [2.75, 3.05) is 7.11 Å². The standard InChI is InChI=1S/C16H13NO4/c1-8-4-14-12(7-17-8)16(19)11-5-10(9(2)18)13(20-3)6-15(11)21-14/h4-7H,1-3H3. The Balaban J connectivity index is 2.48. The number of aromatic nitrogens is 1. The number of methoxy groups -OCH3 is 1. The molecule has 1 aromatic carbocycles. The number of nitrogens with zero attached hydrogens (tertiary/aromatic N) is 1. The summed E-state index contributed by atoms with van der Waals surface area (Å²) in [6, 6.07) is 4.80. The van der Waals surface area contributed by atoms with E-state index in [2.05, 4.69) is 4.98 Å². The molecule has 0 amide bonds. The van der Waals surface area contributed by atoms with E-state index in [1.807, 2.05) is 6.92 Å². The molecular weight excluding hydrogens is 270 g/mol. The number of aryl methyl sites for hydroxylation is 1. The Labute approximate surface area is 120 Å². The number of carbonyl (C=O) groups is 1. The summed E-state index contributed by atoms with van der Waals surface area (Å²) in [4.78, 5) is 28.3. The van der Waals surface area contributed by atoms with Gasteiger partial charge in [0, 0.05) is 24.0 Å². The molecule has 0 spiro atoms. The second-order valence-electron chi connectivity index (χ2n) is 4.86. The van der Waals surface area contributed by atoms with Crippen LogP contribution in [0.25, 0.3) is 21.9 Å². The molecule has 5 heteroatoms. The van der Waals surface area contributed by atoms with E-state index in [1.54, 1.807) is 12.1 Å². The third kappa shape index (κ3) is 2.07. The second-order valence-corrected chi connectivity index (χ2v) is 4.86. The molecule has 0 N–H and O–H groups in total. The van der Waals surface area contributed by atoms with Gasteiger partial charge in [-0.15, -0.1) is 0 Å². The molecule has 5 nitrogen and oxygen atoms in total. The van der Waals surface area contributed by atoms with Crippen LogP contribution in [0.4, 0.5) is 0 Å². The van der Waals surface area contributed by atoms with Gasteiger partial charge in [-0.25, -0.2) is 0 Å². The third-order valence-corrected chi connectivity index (χ3v) is 3.39. The van der Waals surface area contributed by atoms with Crippen molar-refractivity contribution in [1.82, 2.24) is 4.98 Å². The highest BCUT2D eigenvalue weighted by Crippen LogP contribution is 2.27. The molecule has 0 aliphatic rings. The highest BCUT2D eigenvalue weighted by Gasteiger charge is 2.15. The van der Waals surface area contributed by atoms with Crippen molar-refractivity contribution in [2.24, 2.45) is 0 Å². The number of hydrogen-bond acceptors (Lipinski definition) is 5. The minimum absolute atomic E-state index is 0.171. The van der Waals surface area contributed by atoms with Crippen molar-refractivity contribution in [2.45, 2.75) is 13.8 Å². The number of carbonyl (C=O) groups excluding carboxylic acids is 1. The number of ketones is 1. The van der Waals surface area contributed by atoms with E-state index in [1.165, 1.54) is 26.3 Å². The fraction of sp³-hybridized carbons (Fsp3) is 0.188. The van der Waals surface area contributed by atoms with Crippen molar-refractivity contribution in [3.63, 3.8) is 0 Å². The van der Waals surface area contributed by atoms with Gasteiger partial charge in [0.15, 0.2) is 5.78 Å². The van der Waals surface area contributed by atoms with Gasteiger partial charge < -0.3 is 9.15 Å². The molecule has 0 saturated carbocycles. The zero-order valence-corrected chi connectivity index (χ0v) is 11.9. The maximum atomic E-state index is 12.5. The van der Waals surface area contributed by atoms with Gasteiger partial charge in [0.25, 0.3) is 0 Å². The summed E-state index contributed by atoms with van der Waals surface area (Å²) in [6.07, 6.45) is 1.49. The summed E-state index contributed by atoms with van der Waals surface area (Å²) in [7, 11) is 1.47. The Morgan fingerprint density at radius 2 is 1.90 bits per heavy atom. The molecule has 0 fully saturated rings. The van der Waals surface area contributed by atoms with Crippen LogP contribution in [0.3, 0.4) is 0 Å². The fourth-order valence-corrected chi connectivity index (χ4v) is 2.32. The number of pyridine rings is 1. The summed E-state index contributed by atoms with van der Waals surface area (Å²) >= 11 is 0. The van der Waals surface area contributed by atoms with Crippen LogP contribution in [0, 0.1) is 6.92 Å². The molecule has 0 unspecified atom stereocenters. The van der Waals surface area contributed by atoms with E-state index in [0.717, 1.165) is 5.69 Å². The number of hydrogen-bond donors (Lipinski definition) is 0. The van der Waals surface area contributed by atoms with Crippen molar-refractivity contribution < 1.29 is 13.9 Å². The lowest BCUT2D eigenvalue weighted by Crippen LogP contribution is -2.06. The molecule has 0 atom stereocenters. The number of fused-ring (bicyclic) bond motifs is 2. The van der Waals surface area contributed by atoms with Gasteiger partial charge >= 0.3 is 0 Å². The van der Waals surface area contributed by atoms with E-state index in [4.69, 9.17) is 9.15 Å². The van der Waals surface area contributed by atoms with Gasteiger partial charge in [-0.05, 0) is 19.9 Å². The lowest BCUT2D eigenvalue weighted by molar-refractivity contribution is 0.101. The summed E-state index contributed by atoms with van der Waals surface area (Å²) in [5, 5.41) is 0.743. The average molecular weight is 283 g/mol. The number of Topliss-reactive ketones (excluding diaryl/α,β-unsaturated/α-hetero) is 1. The van der Waals surface area contributed by atoms with Crippen LogP contribution >= 0.6 is 0 Å². The number of rotatable bonds is 2. The van der Waals surface area contributed by atoms with Gasteiger partial charge in [0.2, 0.25) is 5.43 Å². The Morgan fingerprint density at radius 3 is 2.57 bits per heavy atom. The van der Waals surface area contributed by atoms with Crippen LogP contribution in [-0.2, 0) is 0 Å². The lowest BCUT2D eigenvalue weighted by atomic mass is 10.1. The molecule has 0 bridgehead atoms. The highest BCUT2D eigenvalue weighted by atomic mass is 16.5. The first kappa shape index (κ1) is 13.3. The van der Waals surface area contributed by atoms with Crippen molar-refractivity contribution in [3.8, 4) is 5.75 Å². The van der Waals surface area contributed by atoms with Crippen LogP contribution in [0.15, 0.2) is 33.6 Å². The van der Waals surface area contributed by atoms with Crippen LogP contribution in [0.5, 0.6) is 5.75 Å². The molecule has 21 heavy (non-hydrogen) atoms. The normalized spacial score (nSPS) is 11.0. The quantitative estimate of drug-likeness (QED) is 0.534. The predicted molar refractivity (Wildman–Crippen MR) is 79.1 cm³/mol. The smallest absolute Gasteiger partial charge is 0.202 e. The molecule has 0 saturated heterocycles. The van der Waals surface area contributed by atoms with E-state index in [9.17, 15) is 9.59 Å². The van der Waals surface area contributed by atoms with Gasteiger partial charge in [0.05, 0.1) is 23.4 Å². The summed E-state index contributed by atoms with van der Waals surface area (Å²) < 4.78 is 10.9. The molecule has 2 heterocycles. The van der Waals surface area contributed by atoms with E-state index in [-0.39, 0.29) is 11.2 Å². The van der Waals surface area contributed by atoms with E-state index in [0.29, 0.717) is 33.3 Å². The monoisotopic (exact) mass is 283 g/mol. The van der Waals surface area contributed by atoms with Crippen LogP contribution in [0.2, 0.25) is 0 Å². The van der Waals surface area contributed by atoms with E-state index < -0.39 is 0 Å². The minimum Gasteiger partial charge on any atom is -0.496 e. The Bertz CT molecular complexity index is 940. The molecule has 3 rings (SSSR count). The van der Waals surface area contributed by atoms with Crippen LogP contribution in [0.1, 0.15) is 23.0 Å². The van der Waals surface area contributed by atoms with Gasteiger partial charge in [-0.1, -0.05) is 0 Å². The van der Waals surface area contributed by atoms with Crippen molar-refractivity contribution in [1.29, 1.82) is 0 Å². The minimum atomic E-state index is -0.205. The largest absolute Gasteiger partial charge is 0.496 e. The van der Waals surface area contributed by atoms with Crippen molar-refractivity contribution >= 4 is 27.7 Å². The molecule has 0 radical (unpaired) electrons. The topological polar surface area (TPSA) is 69.4 Å². The SMILES string of the molecule is COc1cc2oc3cc(C)ncc3c(=O)c2cc1C(C)=O. The molecule has 106 valence electrons. The summed E-state index contributed by atoms with van der Waals surface area (Å²) in [5.41, 5.74) is 1.77. The van der Waals surface area contributed by atoms with Gasteiger partial charge in [-0.2, -0.15) is 0 Å². The maximum Gasteiger partial charge on any atom is 0.202 e. The Hall–Kier alpha value is -2.69. The second kappa shape index (κ2) is 4.70. The zero-order chi connectivity index (χ0) is 15.1. The van der Waals surface area contributed by atoms with Crippen LogP contribution in [-0.4, -0.2) is 17.9 Å². The summed E-state index contributed by atoms with van der Waals surface area (Å²) in [6.45, 7) is 3.25. The highest BCUT2D eigenvalue weighted by molar-refractivity contribution is 6.02. The number of benzene rings is 1. The summed E-state index contributed by atoms with van der Waals surface area (Å²) in [5.74, 6) is 0.221.